The average Bonchev–Trinajstić information content (AvgIpc) is 2.78. The minimum atomic E-state index is 0.0646. The number of nitrogen functional groups attached to an aromatic ring is 1. The van der Waals surface area contributed by atoms with E-state index in [-0.39, 0.29) is 12.7 Å². The molecule has 6 heteroatoms. The molecule has 0 atom stereocenters. The Balaban J connectivity index is 2.23. The van der Waals surface area contributed by atoms with E-state index in [0.29, 0.717) is 24.2 Å². The third kappa shape index (κ3) is 3.55. The number of hydrogen-bond donors (Lipinski definition) is 2. The van der Waals surface area contributed by atoms with Gasteiger partial charge in [-0.25, -0.2) is 0 Å². The number of aliphatic hydroxyl groups is 1. The van der Waals surface area contributed by atoms with Gasteiger partial charge in [0.15, 0.2) is 16.6 Å². The molecule has 0 saturated heterocycles. The first kappa shape index (κ1) is 15.4. The summed E-state index contributed by atoms with van der Waals surface area (Å²) in [6.07, 6.45) is 6.21. The predicted molar refractivity (Wildman–Crippen MR) is 83.6 cm³/mol. The fourth-order valence-electron chi connectivity index (χ4n) is 2.76. The lowest BCUT2D eigenvalue weighted by Crippen LogP contribution is -2.38. The highest BCUT2D eigenvalue weighted by molar-refractivity contribution is 7.11. The van der Waals surface area contributed by atoms with E-state index in [0.717, 1.165) is 5.00 Å². The number of hydrogen-bond acceptors (Lipinski definition) is 6. The number of nitrogens with zero attached hydrogens (tertiary/aromatic N) is 2. The largest absolute Gasteiger partial charge is 0.484 e. The molecule has 1 aromatic heterocycles. The van der Waals surface area contributed by atoms with Crippen molar-refractivity contribution >= 4 is 22.4 Å². The molecule has 1 aromatic rings. The molecule has 0 aliphatic heterocycles. The molecule has 1 saturated carbocycles. The Morgan fingerprint density at radius 1 is 1.40 bits per heavy atom. The van der Waals surface area contributed by atoms with Gasteiger partial charge in [0.2, 0.25) is 0 Å². The van der Waals surface area contributed by atoms with Crippen molar-refractivity contribution < 1.29 is 9.84 Å². The first-order valence-corrected chi connectivity index (χ1v) is 8.20. The van der Waals surface area contributed by atoms with Crippen LogP contribution in [0.15, 0.2) is 0 Å². The standard InChI is InChI=1S/C14H25N3O2S/c1-10(2)19-12-13(15)16-20-14(12)17(8-9-18)11-6-4-3-5-7-11/h10-11,18H,3-9H2,1-2H3,(H2,15,16). The van der Waals surface area contributed by atoms with E-state index in [1.165, 1.54) is 43.6 Å². The fraction of sp³-hybridized carbons (Fsp3) is 0.786. The van der Waals surface area contributed by atoms with E-state index in [2.05, 4.69) is 9.27 Å². The smallest absolute Gasteiger partial charge is 0.198 e. The zero-order chi connectivity index (χ0) is 14.5. The average molecular weight is 299 g/mol. The molecule has 0 spiro atoms. The lowest BCUT2D eigenvalue weighted by atomic mass is 9.94. The van der Waals surface area contributed by atoms with Crippen LogP contribution in [0, 0.1) is 0 Å². The third-order valence-electron chi connectivity index (χ3n) is 3.63. The topological polar surface area (TPSA) is 71.6 Å². The van der Waals surface area contributed by atoms with Gasteiger partial charge in [0, 0.05) is 12.6 Å². The molecule has 20 heavy (non-hydrogen) atoms. The molecule has 1 aliphatic carbocycles. The molecule has 3 N–H and O–H groups in total. The summed E-state index contributed by atoms with van der Waals surface area (Å²) in [5.74, 6) is 1.14. The van der Waals surface area contributed by atoms with Gasteiger partial charge in [0.05, 0.1) is 12.7 Å². The molecular weight excluding hydrogens is 274 g/mol. The highest BCUT2D eigenvalue weighted by Gasteiger charge is 2.27. The van der Waals surface area contributed by atoms with Gasteiger partial charge >= 0.3 is 0 Å². The van der Waals surface area contributed by atoms with Gasteiger partial charge in [-0.15, -0.1) is 0 Å². The Morgan fingerprint density at radius 3 is 2.70 bits per heavy atom. The van der Waals surface area contributed by atoms with Crippen molar-refractivity contribution in [2.75, 3.05) is 23.8 Å². The number of rotatable bonds is 6. The van der Waals surface area contributed by atoms with Crippen molar-refractivity contribution in [3.8, 4) is 5.75 Å². The van der Waals surface area contributed by atoms with Gasteiger partial charge in [-0.1, -0.05) is 19.3 Å². The Labute approximate surface area is 124 Å². The van der Waals surface area contributed by atoms with E-state index in [4.69, 9.17) is 10.5 Å². The number of aliphatic hydroxyl groups excluding tert-OH is 1. The van der Waals surface area contributed by atoms with Gasteiger partial charge in [-0.2, -0.15) is 4.37 Å². The zero-order valence-corrected chi connectivity index (χ0v) is 13.2. The van der Waals surface area contributed by atoms with Crippen LogP contribution in [-0.2, 0) is 0 Å². The van der Waals surface area contributed by atoms with Crippen LogP contribution < -0.4 is 15.4 Å². The molecule has 5 nitrogen and oxygen atoms in total. The van der Waals surface area contributed by atoms with Crippen molar-refractivity contribution in [1.82, 2.24) is 4.37 Å². The zero-order valence-electron chi connectivity index (χ0n) is 12.3. The maximum atomic E-state index is 9.38. The van der Waals surface area contributed by atoms with Crippen LogP contribution in [0.5, 0.6) is 5.75 Å². The number of aromatic nitrogens is 1. The molecule has 0 radical (unpaired) electrons. The van der Waals surface area contributed by atoms with Gasteiger partial charge < -0.3 is 20.5 Å². The summed E-state index contributed by atoms with van der Waals surface area (Å²) in [7, 11) is 0. The summed E-state index contributed by atoms with van der Waals surface area (Å²) in [6, 6.07) is 0.463. The SMILES string of the molecule is CC(C)Oc1c(N)nsc1N(CCO)C1CCCCC1. The molecule has 0 aromatic carbocycles. The van der Waals surface area contributed by atoms with Crippen molar-refractivity contribution in [2.45, 2.75) is 58.1 Å². The van der Waals surface area contributed by atoms with Crippen molar-refractivity contribution in [2.24, 2.45) is 0 Å². The monoisotopic (exact) mass is 299 g/mol. The third-order valence-corrected chi connectivity index (χ3v) is 4.51. The van der Waals surface area contributed by atoms with Crippen LogP contribution >= 0.6 is 11.5 Å². The van der Waals surface area contributed by atoms with E-state index in [1.54, 1.807) is 0 Å². The summed E-state index contributed by atoms with van der Waals surface area (Å²) in [4.78, 5) is 2.24. The Kier molecular flexibility index (Phi) is 5.48. The van der Waals surface area contributed by atoms with Crippen molar-refractivity contribution in [1.29, 1.82) is 0 Å². The van der Waals surface area contributed by atoms with Crippen molar-refractivity contribution in [3.05, 3.63) is 0 Å². The number of ether oxygens (including phenoxy) is 1. The predicted octanol–water partition coefficient (Wildman–Crippen LogP) is 2.64. The first-order chi connectivity index (χ1) is 9.63. The molecule has 1 heterocycles. The molecule has 0 amide bonds. The van der Waals surface area contributed by atoms with Crippen LogP contribution in [-0.4, -0.2) is 34.8 Å². The first-order valence-electron chi connectivity index (χ1n) is 7.42. The molecular formula is C14H25N3O2S. The number of anilines is 2. The van der Waals surface area contributed by atoms with Crippen molar-refractivity contribution in [3.63, 3.8) is 0 Å². The maximum absolute atomic E-state index is 9.38. The van der Waals surface area contributed by atoms with Crippen LogP contribution in [0.2, 0.25) is 0 Å². The maximum Gasteiger partial charge on any atom is 0.198 e. The van der Waals surface area contributed by atoms with Gasteiger partial charge in [0.1, 0.15) is 0 Å². The minimum Gasteiger partial charge on any atom is -0.484 e. The number of nitrogens with two attached hydrogens (primary N) is 1. The molecule has 1 fully saturated rings. The van der Waals surface area contributed by atoms with Crippen LogP contribution in [0.25, 0.3) is 0 Å². The van der Waals surface area contributed by atoms with E-state index < -0.39 is 0 Å². The summed E-state index contributed by atoms with van der Waals surface area (Å²) in [6.45, 7) is 4.71. The summed E-state index contributed by atoms with van der Waals surface area (Å²) < 4.78 is 10.1. The van der Waals surface area contributed by atoms with E-state index in [9.17, 15) is 5.11 Å². The summed E-state index contributed by atoms with van der Waals surface area (Å²) in [5.41, 5.74) is 5.94. The van der Waals surface area contributed by atoms with Gasteiger partial charge in [-0.05, 0) is 38.2 Å². The lowest BCUT2D eigenvalue weighted by Gasteiger charge is -2.35. The lowest BCUT2D eigenvalue weighted by molar-refractivity contribution is 0.243. The van der Waals surface area contributed by atoms with E-state index in [1.807, 2.05) is 13.8 Å². The Morgan fingerprint density at radius 2 is 2.10 bits per heavy atom. The Bertz CT molecular complexity index is 417. The second-order valence-corrected chi connectivity index (χ2v) is 6.33. The van der Waals surface area contributed by atoms with Crippen LogP contribution in [0.1, 0.15) is 46.0 Å². The van der Waals surface area contributed by atoms with E-state index >= 15 is 0 Å². The molecule has 0 unspecified atom stereocenters. The van der Waals surface area contributed by atoms with Crippen LogP contribution in [0.3, 0.4) is 0 Å². The normalized spacial score (nSPS) is 16.6. The second-order valence-electron chi connectivity index (χ2n) is 5.58. The Hall–Kier alpha value is -1.01. The fourth-order valence-corrected chi connectivity index (χ4v) is 3.61. The van der Waals surface area contributed by atoms with Gasteiger partial charge in [-0.3, -0.25) is 0 Å². The molecule has 0 bridgehead atoms. The highest BCUT2D eigenvalue weighted by atomic mass is 32.1. The second kappa shape index (κ2) is 7.13. The van der Waals surface area contributed by atoms with Gasteiger partial charge in [0.25, 0.3) is 0 Å². The quantitative estimate of drug-likeness (QED) is 0.845. The molecule has 114 valence electrons. The molecule has 2 rings (SSSR count). The highest BCUT2D eigenvalue weighted by Crippen LogP contribution is 2.41. The van der Waals surface area contributed by atoms with Crippen LogP contribution in [0.4, 0.5) is 10.8 Å². The molecule has 1 aliphatic rings. The summed E-state index contributed by atoms with van der Waals surface area (Å²) >= 11 is 1.37. The minimum absolute atomic E-state index is 0.0646. The summed E-state index contributed by atoms with van der Waals surface area (Å²) in [5, 5.41) is 10.3.